The van der Waals surface area contributed by atoms with E-state index in [1.165, 1.54) is 12.8 Å². The number of hydrogen-bond donors (Lipinski definition) is 3. The molecule has 17 heavy (non-hydrogen) atoms. The zero-order valence-corrected chi connectivity index (χ0v) is 10.6. The Kier molecular flexibility index (Phi) is 7.16. The first-order valence-corrected chi connectivity index (χ1v) is 6.45. The summed E-state index contributed by atoms with van der Waals surface area (Å²) in [6.45, 7) is 4.78. The summed E-state index contributed by atoms with van der Waals surface area (Å²) >= 11 is 0. The first-order chi connectivity index (χ1) is 8.22. The van der Waals surface area contributed by atoms with Crippen LogP contribution in [0.4, 0.5) is 0 Å². The van der Waals surface area contributed by atoms with Crippen molar-refractivity contribution >= 4 is 5.91 Å². The Morgan fingerprint density at radius 3 is 2.94 bits per heavy atom. The number of aliphatic hydroxyl groups is 1. The molecule has 0 saturated heterocycles. The van der Waals surface area contributed by atoms with Crippen molar-refractivity contribution in [2.45, 2.75) is 32.3 Å². The highest BCUT2D eigenvalue weighted by atomic mass is 16.5. The van der Waals surface area contributed by atoms with Crippen molar-refractivity contribution in [3.05, 3.63) is 0 Å². The lowest BCUT2D eigenvalue weighted by atomic mass is 10.3. The third kappa shape index (κ3) is 8.12. The van der Waals surface area contributed by atoms with E-state index in [9.17, 15) is 9.90 Å². The van der Waals surface area contributed by atoms with E-state index in [1.54, 1.807) is 0 Å². The second-order valence-corrected chi connectivity index (χ2v) is 4.54. The fourth-order valence-electron chi connectivity index (χ4n) is 1.47. The van der Waals surface area contributed by atoms with Crippen molar-refractivity contribution in [1.82, 2.24) is 10.6 Å². The van der Waals surface area contributed by atoms with E-state index in [0.717, 1.165) is 12.5 Å². The van der Waals surface area contributed by atoms with E-state index < -0.39 is 6.10 Å². The fourth-order valence-corrected chi connectivity index (χ4v) is 1.47. The van der Waals surface area contributed by atoms with Crippen molar-refractivity contribution < 1.29 is 14.6 Å². The van der Waals surface area contributed by atoms with E-state index in [1.807, 2.05) is 6.92 Å². The number of hydrogen-bond acceptors (Lipinski definition) is 4. The Labute approximate surface area is 103 Å². The lowest BCUT2D eigenvalue weighted by Gasteiger charge is -2.12. The number of ether oxygens (including phenoxy) is 1. The predicted octanol–water partition coefficient (Wildman–Crippen LogP) is -0.110. The number of aliphatic hydroxyl groups excluding tert-OH is 1. The van der Waals surface area contributed by atoms with Gasteiger partial charge < -0.3 is 20.5 Å². The minimum atomic E-state index is -0.483. The van der Waals surface area contributed by atoms with Gasteiger partial charge in [0.25, 0.3) is 0 Å². The minimum absolute atomic E-state index is 0.0412. The van der Waals surface area contributed by atoms with E-state index in [4.69, 9.17) is 4.74 Å². The maximum absolute atomic E-state index is 11.1. The molecule has 0 radical (unpaired) electrons. The van der Waals surface area contributed by atoms with Gasteiger partial charge in [0.1, 0.15) is 0 Å². The Morgan fingerprint density at radius 2 is 2.29 bits per heavy atom. The van der Waals surface area contributed by atoms with Gasteiger partial charge in [-0.1, -0.05) is 0 Å². The van der Waals surface area contributed by atoms with Crippen LogP contribution in [0.2, 0.25) is 0 Å². The molecule has 0 aromatic heterocycles. The zero-order chi connectivity index (χ0) is 12.5. The molecule has 0 aromatic carbocycles. The number of carbonyl (C=O) groups excluding carboxylic acids is 1. The SMILES string of the molecule is CCNC(=O)CCNCC(O)COCC1CC1. The molecule has 1 rings (SSSR count). The minimum Gasteiger partial charge on any atom is -0.389 e. The molecule has 1 fully saturated rings. The lowest BCUT2D eigenvalue weighted by molar-refractivity contribution is -0.120. The van der Waals surface area contributed by atoms with Gasteiger partial charge in [0, 0.05) is 32.7 Å². The summed E-state index contributed by atoms with van der Waals surface area (Å²) in [6, 6.07) is 0. The average molecular weight is 244 g/mol. The predicted molar refractivity (Wildman–Crippen MR) is 65.7 cm³/mol. The van der Waals surface area contributed by atoms with Gasteiger partial charge in [0.15, 0.2) is 0 Å². The molecule has 5 heteroatoms. The summed E-state index contributed by atoms with van der Waals surface area (Å²) in [4.78, 5) is 11.1. The summed E-state index contributed by atoms with van der Waals surface area (Å²) in [6.07, 6.45) is 2.49. The molecule has 0 spiro atoms. The highest BCUT2D eigenvalue weighted by Crippen LogP contribution is 2.28. The van der Waals surface area contributed by atoms with Crippen LogP contribution < -0.4 is 10.6 Å². The van der Waals surface area contributed by atoms with E-state index in [0.29, 0.717) is 32.7 Å². The third-order valence-electron chi connectivity index (χ3n) is 2.64. The van der Waals surface area contributed by atoms with Crippen molar-refractivity contribution in [3.63, 3.8) is 0 Å². The number of nitrogens with one attached hydrogen (secondary N) is 2. The molecule has 0 bridgehead atoms. The highest BCUT2D eigenvalue weighted by Gasteiger charge is 2.21. The Morgan fingerprint density at radius 1 is 1.53 bits per heavy atom. The van der Waals surface area contributed by atoms with Gasteiger partial charge in [-0.3, -0.25) is 4.79 Å². The number of carbonyl (C=O) groups is 1. The largest absolute Gasteiger partial charge is 0.389 e. The smallest absolute Gasteiger partial charge is 0.221 e. The summed E-state index contributed by atoms with van der Waals surface area (Å²) in [5, 5.41) is 15.3. The van der Waals surface area contributed by atoms with Crippen LogP contribution in [-0.4, -0.2) is 50.0 Å². The molecule has 1 saturated carbocycles. The summed E-state index contributed by atoms with van der Waals surface area (Å²) in [5.41, 5.74) is 0. The van der Waals surface area contributed by atoms with E-state index in [-0.39, 0.29) is 5.91 Å². The molecule has 1 unspecified atom stereocenters. The topological polar surface area (TPSA) is 70.6 Å². The van der Waals surface area contributed by atoms with Crippen LogP contribution in [0.15, 0.2) is 0 Å². The number of rotatable bonds is 10. The highest BCUT2D eigenvalue weighted by molar-refractivity contribution is 5.75. The van der Waals surface area contributed by atoms with Gasteiger partial charge >= 0.3 is 0 Å². The van der Waals surface area contributed by atoms with Crippen molar-refractivity contribution in [1.29, 1.82) is 0 Å². The maximum Gasteiger partial charge on any atom is 0.221 e. The normalized spacial score (nSPS) is 16.8. The maximum atomic E-state index is 11.1. The van der Waals surface area contributed by atoms with Crippen molar-refractivity contribution in [2.75, 3.05) is 32.8 Å². The molecular weight excluding hydrogens is 220 g/mol. The molecule has 3 N–H and O–H groups in total. The molecule has 1 aliphatic carbocycles. The number of amides is 1. The molecule has 1 amide bonds. The molecule has 0 aliphatic heterocycles. The first-order valence-electron chi connectivity index (χ1n) is 6.45. The average Bonchev–Trinajstić information content (AvgIpc) is 3.09. The van der Waals surface area contributed by atoms with E-state index >= 15 is 0 Å². The summed E-state index contributed by atoms with van der Waals surface area (Å²) in [5.74, 6) is 0.771. The Balaban J connectivity index is 1.84. The van der Waals surface area contributed by atoms with Gasteiger partial charge in [-0.15, -0.1) is 0 Å². The Bertz CT molecular complexity index is 220. The molecule has 1 atom stereocenters. The summed E-state index contributed by atoms with van der Waals surface area (Å²) < 4.78 is 5.37. The van der Waals surface area contributed by atoms with Crippen LogP contribution in [0, 0.1) is 5.92 Å². The van der Waals surface area contributed by atoms with Crippen LogP contribution in [0.25, 0.3) is 0 Å². The van der Waals surface area contributed by atoms with Crippen molar-refractivity contribution in [3.8, 4) is 0 Å². The first kappa shape index (κ1) is 14.4. The Hall–Kier alpha value is -0.650. The van der Waals surface area contributed by atoms with Crippen LogP contribution in [-0.2, 0) is 9.53 Å². The monoisotopic (exact) mass is 244 g/mol. The van der Waals surface area contributed by atoms with Crippen LogP contribution in [0.1, 0.15) is 26.2 Å². The standard InChI is InChI=1S/C12H24N2O3/c1-2-14-12(16)5-6-13-7-11(15)9-17-8-10-3-4-10/h10-11,13,15H,2-9H2,1H3,(H,14,16). The van der Waals surface area contributed by atoms with Crippen LogP contribution in [0.3, 0.4) is 0 Å². The second-order valence-electron chi connectivity index (χ2n) is 4.54. The molecular formula is C12H24N2O3. The molecule has 100 valence electrons. The van der Waals surface area contributed by atoms with Gasteiger partial charge in [0.05, 0.1) is 12.7 Å². The van der Waals surface area contributed by atoms with Crippen molar-refractivity contribution in [2.24, 2.45) is 5.92 Å². The van der Waals surface area contributed by atoms with E-state index in [2.05, 4.69) is 10.6 Å². The third-order valence-corrected chi connectivity index (χ3v) is 2.64. The summed E-state index contributed by atoms with van der Waals surface area (Å²) in [7, 11) is 0. The fraction of sp³-hybridized carbons (Fsp3) is 0.917. The second kappa shape index (κ2) is 8.44. The molecule has 0 aromatic rings. The molecule has 5 nitrogen and oxygen atoms in total. The van der Waals surface area contributed by atoms with Crippen LogP contribution in [0.5, 0.6) is 0 Å². The lowest BCUT2D eigenvalue weighted by Crippen LogP contribution is -2.33. The van der Waals surface area contributed by atoms with Gasteiger partial charge in [-0.25, -0.2) is 0 Å². The van der Waals surface area contributed by atoms with Gasteiger partial charge in [-0.05, 0) is 25.7 Å². The van der Waals surface area contributed by atoms with Gasteiger partial charge in [0.2, 0.25) is 5.91 Å². The van der Waals surface area contributed by atoms with Gasteiger partial charge in [-0.2, -0.15) is 0 Å². The zero-order valence-electron chi connectivity index (χ0n) is 10.6. The quantitative estimate of drug-likeness (QED) is 0.469. The van der Waals surface area contributed by atoms with Crippen LogP contribution >= 0.6 is 0 Å². The molecule has 0 heterocycles. The molecule has 1 aliphatic rings.